The van der Waals surface area contributed by atoms with E-state index in [9.17, 15) is 10.1 Å². The molecule has 1 atom stereocenters. The topological polar surface area (TPSA) is 94.6 Å². The minimum atomic E-state index is -0.726. The molecule has 0 bridgehead atoms. The van der Waals surface area contributed by atoms with Crippen molar-refractivity contribution in [2.45, 2.75) is 39.2 Å². The lowest BCUT2D eigenvalue weighted by molar-refractivity contribution is -0.119. The van der Waals surface area contributed by atoms with Gasteiger partial charge in [-0.05, 0) is 29.2 Å². The third-order valence-corrected chi connectivity index (χ3v) is 6.72. The molecule has 0 saturated carbocycles. The van der Waals surface area contributed by atoms with Crippen molar-refractivity contribution in [3.8, 4) is 17.6 Å². The molecule has 0 spiro atoms. The van der Waals surface area contributed by atoms with Crippen LogP contribution in [0.1, 0.15) is 43.7 Å². The van der Waals surface area contributed by atoms with E-state index in [1.807, 2.05) is 26.0 Å². The number of ether oxygens (including phenoxy) is 3. The maximum absolute atomic E-state index is 13.3. The third kappa shape index (κ3) is 4.46. The van der Waals surface area contributed by atoms with Crippen molar-refractivity contribution in [3.05, 3.63) is 80.4 Å². The molecule has 8 heteroatoms. The molecule has 0 radical (unpaired) electrons. The number of rotatable bonds is 5. The number of hydrogen-bond donors (Lipinski definition) is 1. The predicted octanol–water partition coefficient (Wildman–Crippen LogP) is 6.03. The van der Waals surface area contributed by atoms with Gasteiger partial charge in [-0.25, -0.2) is 0 Å². The highest BCUT2D eigenvalue weighted by Crippen LogP contribution is 2.51. The van der Waals surface area contributed by atoms with Crippen molar-refractivity contribution in [2.75, 3.05) is 7.11 Å². The number of Topliss-reactive ketones (excluding diaryl/α,β-unsaturated/α-hetero) is 1. The zero-order valence-corrected chi connectivity index (χ0v) is 20.6. The molecule has 2 N–H and O–H groups in total. The first kappa shape index (κ1) is 24.0. The molecule has 0 aromatic heterocycles. The quantitative estimate of drug-likeness (QED) is 0.540. The van der Waals surface area contributed by atoms with Gasteiger partial charge < -0.3 is 19.9 Å². The van der Waals surface area contributed by atoms with E-state index in [2.05, 4.69) is 6.07 Å². The van der Waals surface area contributed by atoms with Crippen LogP contribution in [0.3, 0.4) is 0 Å². The van der Waals surface area contributed by atoms with Gasteiger partial charge in [-0.3, -0.25) is 4.79 Å². The molecule has 1 unspecified atom stereocenters. The van der Waals surface area contributed by atoms with Crippen molar-refractivity contribution in [1.82, 2.24) is 0 Å². The molecule has 176 valence electrons. The molecule has 1 heterocycles. The molecule has 6 nitrogen and oxygen atoms in total. The molecule has 2 aliphatic rings. The summed E-state index contributed by atoms with van der Waals surface area (Å²) in [6.45, 7) is 4.18. The average Bonchev–Trinajstić information content (AvgIpc) is 2.77. The largest absolute Gasteiger partial charge is 0.493 e. The zero-order valence-electron chi connectivity index (χ0n) is 19.1. The fourth-order valence-corrected chi connectivity index (χ4v) is 4.78. The Morgan fingerprint density at radius 1 is 1.21 bits per heavy atom. The highest BCUT2D eigenvalue weighted by molar-refractivity contribution is 6.42. The smallest absolute Gasteiger partial charge is 0.205 e. The first-order valence-electron chi connectivity index (χ1n) is 10.7. The summed E-state index contributed by atoms with van der Waals surface area (Å²) in [5, 5.41) is 10.8. The molecule has 34 heavy (non-hydrogen) atoms. The summed E-state index contributed by atoms with van der Waals surface area (Å²) in [7, 11) is 1.53. The summed E-state index contributed by atoms with van der Waals surface area (Å²) >= 11 is 12.2. The molecule has 0 saturated heterocycles. The molecular formula is C26H24Cl2N2O4. The van der Waals surface area contributed by atoms with Crippen LogP contribution in [0.15, 0.2) is 59.2 Å². The summed E-state index contributed by atoms with van der Waals surface area (Å²) in [5.41, 5.74) is 7.90. The van der Waals surface area contributed by atoms with Gasteiger partial charge in [-0.15, -0.1) is 0 Å². The number of nitrogens with zero attached hydrogens (tertiary/aromatic N) is 1. The number of carbonyl (C=O) groups is 1. The standard InChI is InChI=1S/C26H24Cl2N2O4/c1-26(2)10-19(31)23-21(11-26)34-25(30)16(12-29)22(23)15-5-4-6-20(32-3)24(15)33-13-14-7-8-17(27)18(28)9-14/h4-9,22H,10-11,13,30H2,1-3H3. The SMILES string of the molecule is COc1cccc(C2C(C#N)=C(N)OC3=C2C(=O)CC(C)(C)C3)c1OCc1ccc(Cl)c(Cl)c1. The first-order valence-corrected chi connectivity index (χ1v) is 11.5. The maximum atomic E-state index is 13.3. The second-order valence-corrected chi connectivity index (χ2v) is 9.93. The predicted molar refractivity (Wildman–Crippen MR) is 129 cm³/mol. The normalized spacial score (nSPS) is 19.3. The molecule has 2 aromatic rings. The second kappa shape index (κ2) is 9.25. The Balaban J connectivity index is 1.82. The lowest BCUT2D eigenvalue weighted by Crippen LogP contribution is -2.33. The van der Waals surface area contributed by atoms with E-state index in [0.29, 0.717) is 51.3 Å². The van der Waals surface area contributed by atoms with Crippen LogP contribution in [0, 0.1) is 16.7 Å². The van der Waals surface area contributed by atoms with Crippen molar-refractivity contribution in [3.63, 3.8) is 0 Å². The maximum Gasteiger partial charge on any atom is 0.205 e. The van der Waals surface area contributed by atoms with Crippen molar-refractivity contribution in [2.24, 2.45) is 11.1 Å². The monoisotopic (exact) mass is 498 g/mol. The van der Waals surface area contributed by atoms with Crippen molar-refractivity contribution in [1.29, 1.82) is 5.26 Å². The second-order valence-electron chi connectivity index (χ2n) is 9.12. The Labute approximate surface area is 208 Å². The van der Waals surface area contributed by atoms with Gasteiger partial charge in [0.1, 0.15) is 24.0 Å². The molecular weight excluding hydrogens is 475 g/mol. The molecule has 1 aliphatic heterocycles. The van der Waals surface area contributed by atoms with E-state index >= 15 is 0 Å². The number of halogens is 2. The summed E-state index contributed by atoms with van der Waals surface area (Å²) in [4.78, 5) is 13.3. The van der Waals surface area contributed by atoms with Crippen LogP contribution in [0.2, 0.25) is 10.0 Å². The number of benzene rings is 2. The molecule has 0 amide bonds. The highest BCUT2D eigenvalue weighted by Gasteiger charge is 2.44. The Morgan fingerprint density at radius 2 is 1.97 bits per heavy atom. The van der Waals surface area contributed by atoms with E-state index in [-0.39, 0.29) is 29.3 Å². The van der Waals surface area contributed by atoms with Crippen LogP contribution in [0.25, 0.3) is 0 Å². The average molecular weight is 499 g/mol. The summed E-state index contributed by atoms with van der Waals surface area (Å²) in [6, 6.07) is 12.7. The minimum Gasteiger partial charge on any atom is -0.493 e. The number of ketones is 1. The minimum absolute atomic E-state index is 0.00463. The number of methoxy groups -OCH3 is 1. The van der Waals surface area contributed by atoms with Gasteiger partial charge in [0, 0.05) is 24.0 Å². The van der Waals surface area contributed by atoms with Crippen LogP contribution in [0.4, 0.5) is 0 Å². The number of carbonyl (C=O) groups excluding carboxylic acids is 1. The fourth-order valence-electron chi connectivity index (χ4n) is 4.46. The highest BCUT2D eigenvalue weighted by atomic mass is 35.5. The van der Waals surface area contributed by atoms with Gasteiger partial charge in [0.2, 0.25) is 5.88 Å². The number of nitriles is 1. The molecule has 0 fully saturated rings. The van der Waals surface area contributed by atoms with Gasteiger partial charge >= 0.3 is 0 Å². The molecule has 4 rings (SSSR count). The summed E-state index contributed by atoms with van der Waals surface area (Å²) < 4.78 is 17.6. The Bertz CT molecular complexity index is 1270. The lowest BCUT2D eigenvalue weighted by atomic mass is 9.70. The van der Waals surface area contributed by atoms with Crippen molar-refractivity contribution >= 4 is 29.0 Å². The van der Waals surface area contributed by atoms with Crippen LogP contribution in [-0.4, -0.2) is 12.9 Å². The van der Waals surface area contributed by atoms with Gasteiger partial charge in [-0.1, -0.05) is 55.2 Å². The van der Waals surface area contributed by atoms with Gasteiger partial charge in [0.15, 0.2) is 17.3 Å². The summed E-state index contributed by atoms with van der Waals surface area (Å²) in [5.74, 6) is 0.570. The van der Waals surface area contributed by atoms with Crippen LogP contribution >= 0.6 is 23.2 Å². The fraction of sp³-hybridized carbons (Fsp3) is 0.308. The van der Waals surface area contributed by atoms with E-state index in [1.54, 1.807) is 24.3 Å². The zero-order chi connectivity index (χ0) is 24.6. The third-order valence-electron chi connectivity index (χ3n) is 5.98. The Morgan fingerprint density at radius 3 is 2.65 bits per heavy atom. The van der Waals surface area contributed by atoms with Crippen LogP contribution < -0.4 is 15.2 Å². The van der Waals surface area contributed by atoms with Crippen molar-refractivity contribution < 1.29 is 19.0 Å². The lowest BCUT2D eigenvalue weighted by Gasteiger charge is -2.37. The number of hydrogen-bond acceptors (Lipinski definition) is 6. The van der Waals surface area contributed by atoms with Gasteiger partial charge in [0.25, 0.3) is 0 Å². The first-order chi connectivity index (χ1) is 16.1. The Hall–Kier alpha value is -3.14. The van der Waals surface area contributed by atoms with E-state index < -0.39 is 5.92 Å². The van der Waals surface area contributed by atoms with E-state index in [4.69, 9.17) is 43.1 Å². The van der Waals surface area contributed by atoms with Crippen LogP contribution in [-0.2, 0) is 16.1 Å². The number of nitrogens with two attached hydrogens (primary N) is 1. The Kier molecular flexibility index (Phi) is 6.53. The van der Waals surface area contributed by atoms with Gasteiger partial charge in [0.05, 0.1) is 23.1 Å². The van der Waals surface area contributed by atoms with Crippen LogP contribution in [0.5, 0.6) is 11.5 Å². The van der Waals surface area contributed by atoms with E-state index in [1.165, 1.54) is 7.11 Å². The van der Waals surface area contributed by atoms with E-state index in [0.717, 1.165) is 5.56 Å². The summed E-state index contributed by atoms with van der Waals surface area (Å²) in [6.07, 6.45) is 0.876. The molecule has 1 aliphatic carbocycles. The van der Waals surface area contributed by atoms with Gasteiger partial charge in [-0.2, -0.15) is 5.26 Å². The number of para-hydroxylation sites is 1. The number of allylic oxidation sites excluding steroid dienone is 3. The molecule has 2 aromatic carbocycles.